The first-order valence-electron chi connectivity index (χ1n) is 6.63. The maximum atomic E-state index is 11.1. The van der Waals surface area contributed by atoms with Crippen LogP contribution in [0.3, 0.4) is 0 Å². The molecule has 1 N–H and O–H groups in total. The molecule has 0 aromatic heterocycles. The van der Waals surface area contributed by atoms with Gasteiger partial charge in [0.05, 0.1) is 6.61 Å². The Labute approximate surface area is 103 Å². The Morgan fingerprint density at radius 2 is 2.29 bits per heavy atom. The van der Waals surface area contributed by atoms with E-state index in [9.17, 15) is 4.79 Å². The topological polar surface area (TPSA) is 49.8 Å². The molecule has 2 fully saturated rings. The largest absolute Gasteiger partial charge is 0.480 e. The van der Waals surface area contributed by atoms with Crippen molar-refractivity contribution in [1.82, 2.24) is 4.90 Å². The Morgan fingerprint density at radius 3 is 2.76 bits per heavy atom. The van der Waals surface area contributed by atoms with Crippen LogP contribution < -0.4 is 0 Å². The van der Waals surface area contributed by atoms with E-state index in [0.29, 0.717) is 11.3 Å². The van der Waals surface area contributed by atoms with Gasteiger partial charge in [0.2, 0.25) is 0 Å². The summed E-state index contributed by atoms with van der Waals surface area (Å²) in [6.07, 6.45) is 3.78. The SMILES string of the molecule is CCOC[C@@H]1CN([C@@H](C)C(=O)O)CC12CCC2. The van der Waals surface area contributed by atoms with Gasteiger partial charge in [0.15, 0.2) is 0 Å². The molecule has 1 aliphatic carbocycles. The van der Waals surface area contributed by atoms with Crippen molar-refractivity contribution in [2.75, 3.05) is 26.3 Å². The van der Waals surface area contributed by atoms with Gasteiger partial charge in [-0.25, -0.2) is 0 Å². The highest BCUT2D eigenvalue weighted by molar-refractivity contribution is 5.72. The number of carboxylic acid groups (broad SMARTS) is 1. The summed E-state index contributed by atoms with van der Waals surface area (Å²) in [6.45, 7) is 7.17. The average Bonchev–Trinajstić information content (AvgIpc) is 2.64. The number of aliphatic carboxylic acids is 1. The predicted octanol–water partition coefficient (Wildman–Crippen LogP) is 1.60. The fourth-order valence-electron chi connectivity index (χ4n) is 3.21. The van der Waals surface area contributed by atoms with Crippen molar-refractivity contribution in [1.29, 1.82) is 0 Å². The summed E-state index contributed by atoms with van der Waals surface area (Å²) >= 11 is 0. The molecule has 0 aromatic carbocycles. The minimum atomic E-state index is -0.712. The Kier molecular flexibility index (Phi) is 3.73. The van der Waals surface area contributed by atoms with Crippen molar-refractivity contribution in [3.63, 3.8) is 0 Å². The number of carbonyl (C=O) groups is 1. The summed E-state index contributed by atoms with van der Waals surface area (Å²) in [5, 5.41) is 9.09. The molecule has 1 heterocycles. The molecule has 0 bridgehead atoms. The van der Waals surface area contributed by atoms with E-state index in [1.807, 2.05) is 6.92 Å². The fourth-order valence-corrected chi connectivity index (χ4v) is 3.21. The van der Waals surface area contributed by atoms with Crippen molar-refractivity contribution >= 4 is 5.97 Å². The normalized spacial score (nSPS) is 29.2. The van der Waals surface area contributed by atoms with E-state index in [4.69, 9.17) is 9.84 Å². The van der Waals surface area contributed by atoms with E-state index < -0.39 is 5.97 Å². The van der Waals surface area contributed by atoms with Crippen molar-refractivity contribution in [3.05, 3.63) is 0 Å². The summed E-state index contributed by atoms with van der Waals surface area (Å²) in [6, 6.07) is -0.362. The molecule has 2 rings (SSSR count). The van der Waals surface area contributed by atoms with Gasteiger partial charge in [0.1, 0.15) is 6.04 Å². The van der Waals surface area contributed by atoms with Gasteiger partial charge in [-0.3, -0.25) is 9.69 Å². The first-order chi connectivity index (χ1) is 8.09. The first kappa shape index (κ1) is 12.8. The predicted molar refractivity (Wildman–Crippen MR) is 64.9 cm³/mol. The molecule has 0 amide bonds. The number of nitrogens with zero attached hydrogens (tertiary/aromatic N) is 1. The number of hydrogen-bond acceptors (Lipinski definition) is 3. The quantitative estimate of drug-likeness (QED) is 0.794. The molecule has 17 heavy (non-hydrogen) atoms. The standard InChI is InChI=1S/C13H23NO3/c1-3-17-8-11-7-14(10(2)12(15)16)9-13(11)5-4-6-13/h10-11H,3-9H2,1-2H3,(H,15,16)/t10-,11-/m0/s1. The zero-order valence-electron chi connectivity index (χ0n) is 10.8. The highest BCUT2D eigenvalue weighted by Gasteiger charge is 2.51. The van der Waals surface area contributed by atoms with Crippen LogP contribution in [-0.2, 0) is 9.53 Å². The Hall–Kier alpha value is -0.610. The smallest absolute Gasteiger partial charge is 0.320 e. The summed E-state index contributed by atoms with van der Waals surface area (Å²) < 4.78 is 5.56. The zero-order valence-corrected chi connectivity index (χ0v) is 10.8. The maximum absolute atomic E-state index is 11.1. The number of rotatable bonds is 5. The third-order valence-corrected chi connectivity index (χ3v) is 4.62. The number of likely N-dealkylation sites (tertiary alicyclic amines) is 1. The molecule has 4 heteroatoms. The van der Waals surface area contributed by atoms with Crippen LogP contribution in [0.1, 0.15) is 33.1 Å². The molecule has 1 saturated heterocycles. The van der Waals surface area contributed by atoms with Gasteiger partial charge in [-0.05, 0) is 32.1 Å². The molecular weight excluding hydrogens is 218 g/mol. The van der Waals surface area contributed by atoms with Crippen molar-refractivity contribution in [2.45, 2.75) is 39.2 Å². The van der Waals surface area contributed by atoms with E-state index >= 15 is 0 Å². The van der Waals surface area contributed by atoms with Crippen LogP contribution in [0, 0.1) is 11.3 Å². The van der Waals surface area contributed by atoms with Crippen LogP contribution in [0.4, 0.5) is 0 Å². The number of hydrogen-bond donors (Lipinski definition) is 1. The van der Waals surface area contributed by atoms with E-state index in [0.717, 1.165) is 26.3 Å². The van der Waals surface area contributed by atoms with Gasteiger partial charge in [-0.15, -0.1) is 0 Å². The van der Waals surface area contributed by atoms with E-state index in [2.05, 4.69) is 4.90 Å². The lowest BCUT2D eigenvalue weighted by atomic mass is 9.63. The van der Waals surface area contributed by atoms with Gasteiger partial charge >= 0.3 is 5.97 Å². The number of ether oxygens (including phenoxy) is 1. The van der Waals surface area contributed by atoms with Crippen LogP contribution in [0.25, 0.3) is 0 Å². The lowest BCUT2D eigenvalue weighted by Crippen LogP contribution is -2.41. The van der Waals surface area contributed by atoms with E-state index in [1.54, 1.807) is 6.92 Å². The molecule has 1 aliphatic heterocycles. The summed E-state index contributed by atoms with van der Waals surface area (Å²) in [5.74, 6) is -0.186. The summed E-state index contributed by atoms with van der Waals surface area (Å²) in [4.78, 5) is 13.2. The molecule has 0 radical (unpaired) electrons. The molecule has 1 spiro atoms. The molecule has 0 unspecified atom stereocenters. The van der Waals surface area contributed by atoms with Crippen LogP contribution in [-0.4, -0.2) is 48.3 Å². The Balaban J connectivity index is 1.99. The van der Waals surface area contributed by atoms with Gasteiger partial charge < -0.3 is 9.84 Å². The highest BCUT2D eigenvalue weighted by Crippen LogP contribution is 2.52. The zero-order chi connectivity index (χ0) is 12.5. The monoisotopic (exact) mass is 241 g/mol. The van der Waals surface area contributed by atoms with Gasteiger partial charge in [-0.2, -0.15) is 0 Å². The number of carboxylic acids is 1. The second-order valence-corrected chi connectivity index (χ2v) is 5.52. The minimum absolute atomic E-state index is 0.360. The van der Waals surface area contributed by atoms with E-state index in [1.165, 1.54) is 19.3 Å². The molecule has 0 aromatic rings. The van der Waals surface area contributed by atoms with Gasteiger partial charge in [0.25, 0.3) is 0 Å². The second kappa shape index (κ2) is 4.94. The van der Waals surface area contributed by atoms with Crippen LogP contribution in [0.2, 0.25) is 0 Å². The summed E-state index contributed by atoms with van der Waals surface area (Å²) in [7, 11) is 0. The Morgan fingerprint density at radius 1 is 1.59 bits per heavy atom. The second-order valence-electron chi connectivity index (χ2n) is 5.52. The van der Waals surface area contributed by atoms with Crippen LogP contribution in [0.15, 0.2) is 0 Å². The molecule has 98 valence electrons. The lowest BCUT2D eigenvalue weighted by molar-refractivity contribution is -0.142. The first-order valence-corrected chi connectivity index (χ1v) is 6.63. The highest BCUT2D eigenvalue weighted by atomic mass is 16.5. The van der Waals surface area contributed by atoms with Crippen molar-refractivity contribution < 1.29 is 14.6 Å². The Bertz CT molecular complexity index is 288. The molecule has 2 atom stereocenters. The molecule has 4 nitrogen and oxygen atoms in total. The summed E-state index contributed by atoms with van der Waals surface area (Å²) in [5.41, 5.74) is 0.360. The van der Waals surface area contributed by atoms with Crippen LogP contribution in [0.5, 0.6) is 0 Å². The van der Waals surface area contributed by atoms with Gasteiger partial charge in [-0.1, -0.05) is 6.42 Å². The molecule has 1 saturated carbocycles. The van der Waals surface area contributed by atoms with Gasteiger partial charge in [0, 0.05) is 25.6 Å². The third kappa shape index (κ3) is 2.33. The maximum Gasteiger partial charge on any atom is 0.320 e. The average molecular weight is 241 g/mol. The molecule has 2 aliphatic rings. The van der Waals surface area contributed by atoms with Crippen LogP contribution >= 0.6 is 0 Å². The van der Waals surface area contributed by atoms with Crippen molar-refractivity contribution in [2.24, 2.45) is 11.3 Å². The fraction of sp³-hybridized carbons (Fsp3) is 0.923. The third-order valence-electron chi connectivity index (χ3n) is 4.62. The molecular formula is C13H23NO3. The van der Waals surface area contributed by atoms with E-state index in [-0.39, 0.29) is 6.04 Å². The van der Waals surface area contributed by atoms with Crippen molar-refractivity contribution in [3.8, 4) is 0 Å². The minimum Gasteiger partial charge on any atom is -0.480 e. The lowest BCUT2D eigenvalue weighted by Gasteiger charge is -2.43.